The van der Waals surface area contributed by atoms with Gasteiger partial charge in [0.15, 0.2) is 4.34 Å². The summed E-state index contributed by atoms with van der Waals surface area (Å²) in [5, 5.41) is 8.80. The first-order valence-electron chi connectivity index (χ1n) is 7.43. The number of hydrogen-bond acceptors (Lipinski definition) is 8. The molecule has 2 N–H and O–H groups in total. The van der Waals surface area contributed by atoms with E-state index in [2.05, 4.69) is 15.2 Å². The third kappa shape index (κ3) is 3.28. The van der Waals surface area contributed by atoms with Gasteiger partial charge in [0.05, 0.1) is 29.5 Å². The molecule has 0 aliphatic heterocycles. The number of fused-ring (bicyclic) bond motifs is 1. The maximum atomic E-state index is 12.9. The normalized spacial score (nSPS) is 11.2. The van der Waals surface area contributed by atoms with Crippen LogP contribution in [0.5, 0.6) is 0 Å². The molecule has 4 aromatic rings. The second-order valence-corrected chi connectivity index (χ2v) is 7.44. The van der Waals surface area contributed by atoms with Crippen LogP contribution >= 0.6 is 23.1 Å². The summed E-state index contributed by atoms with van der Waals surface area (Å²) in [4.78, 5) is 17.6. The number of nitrogen functional groups attached to an aromatic ring is 1. The second kappa shape index (κ2) is 6.69. The van der Waals surface area contributed by atoms with E-state index in [9.17, 15) is 4.79 Å². The van der Waals surface area contributed by atoms with Crippen molar-refractivity contribution in [1.29, 1.82) is 0 Å². The molecule has 7 nitrogen and oxygen atoms in total. The Morgan fingerprint density at radius 2 is 2.08 bits per heavy atom. The maximum Gasteiger partial charge on any atom is 0.261 e. The molecule has 0 aliphatic rings. The van der Waals surface area contributed by atoms with Crippen molar-refractivity contribution < 1.29 is 4.42 Å². The molecule has 126 valence electrons. The highest BCUT2D eigenvalue weighted by atomic mass is 32.2. The lowest BCUT2D eigenvalue weighted by molar-refractivity contribution is 0.485. The third-order valence-electron chi connectivity index (χ3n) is 3.58. The fourth-order valence-corrected chi connectivity index (χ4v) is 4.03. The zero-order valence-electron chi connectivity index (χ0n) is 13.0. The summed E-state index contributed by atoms with van der Waals surface area (Å²) in [5.41, 5.74) is 6.20. The van der Waals surface area contributed by atoms with Crippen LogP contribution in [0.15, 0.2) is 56.2 Å². The molecule has 0 amide bonds. The lowest BCUT2D eigenvalue weighted by Gasteiger charge is -2.11. The molecular weight excluding hydrogens is 358 g/mol. The number of anilines is 1. The molecule has 3 aromatic heterocycles. The smallest absolute Gasteiger partial charge is 0.261 e. The number of benzene rings is 1. The summed E-state index contributed by atoms with van der Waals surface area (Å²) in [5.74, 6) is 1.83. The van der Waals surface area contributed by atoms with Crippen molar-refractivity contribution in [2.45, 2.75) is 16.6 Å². The molecule has 0 radical (unpaired) electrons. The molecule has 1 aromatic carbocycles. The molecule has 25 heavy (non-hydrogen) atoms. The molecule has 0 unspecified atom stereocenters. The summed E-state index contributed by atoms with van der Waals surface area (Å²) < 4.78 is 7.77. The number of aromatic nitrogens is 4. The topological polar surface area (TPSA) is 99.8 Å². The van der Waals surface area contributed by atoms with E-state index in [4.69, 9.17) is 10.2 Å². The van der Waals surface area contributed by atoms with Gasteiger partial charge in [0.2, 0.25) is 5.13 Å². The number of rotatable bonds is 5. The number of thioether (sulfide) groups is 1. The average molecular weight is 371 g/mol. The molecule has 9 heteroatoms. The van der Waals surface area contributed by atoms with Gasteiger partial charge in [-0.15, -0.1) is 10.2 Å². The predicted octanol–water partition coefficient (Wildman–Crippen LogP) is 2.76. The van der Waals surface area contributed by atoms with Gasteiger partial charge in [-0.25, -0.2) is 4.98 Å². The fraction of sp³-hybridized carbons (Fsp3) is 0.125. The minimum Gasteiger partial charge on any atom is -0.467 e. The van der Waals surface area contributed by atoms with Crippen molar-refractivity contribution in [3.63, 3.8) is 0 Å². The molecule has 0 aliphatic carbocycles. The Kier molecular flexibility index (Phi) is 4.24. The highest BCUT2D eigenvalue weighted by Gasteiger charge is 2.14. The van der Waals surface area contributed by atoms with Gasteiger partial charge < -0.3 is 10.2 Å². The van der Waals surface area contributed by atoms with Gasteiger partial charge in [-0.05, 0) is 24.3 Å². The number of furan rings is 1. The van der Waals surface area contributed by atoms with Crippen LogP contribution in [0.4, 0.5) is 5.13 Å². The summed E-state index contributed by atoms with van der Waals surface area (Å²) >= 11 is 2.76. The van der Waals surface area contributed by atoms with Crippen LogP contribution in [0.3, 0.4) is 0 Å². The number of para-hydroxylation sites is 1. The molecule has 0 spiro atoms. The van der Waals surface area contributed by atoms with Crippen molar-refractivity contribution in [2.24, 2.45) is 0 Å². The number of hydrogen-bond donors (Lipinski definition) is 1. The van der Waals surface area contributed by atoms with Crippen LogP contribution in [0.1, 0.15) is 11.6 Å². The lowest BCUT2D eigenvalue weighted by Crippen LogP contribution is -2.25. The molecule has 0 atom stereocenters. The van der Waals surface area contributed by atoms with Crippen LogP contribution in [0.25, 0.3) is 10.9 Å². The van der Waals surface area contributed by atoms with Crippen LogP contribution in [0.2, 0.25) is 0 Å². The van der Waals surface area contributed by atoms with Crippen LogP contribution < -0.4 is 11.3 Å². The van der Waals surface area contributed by atoms with Crippen molar-refractivity contribution >= 4 is 39.1 Å². The molecule has 0 saturated carbocycles. The zero-order valence-corrected chi connectivity index (χ0v) is 14.6. The summed E-state index contributed by atoms with van der Waals surface area (Å²) in [6.45, 7) is 0.331. The van der Waals surface area contributed by atoms with Crippen molar-refractivity contribution in [3.05, 3.63) is 64.6 Å². The van der Waals surface area contributed by atoms with E-state index >= 15 is 0 Å². The van der Waals surface area contributed by atoms with E-state index in [0.29, 0.717) is 39.9 Å². The van der Waals surface area contributed by atoms with Crippen molar-refractivity contribution in [3.8, 4) is 0 Å². The molecule has 3 heterocycles. The minimum atomic E-state index is -0.0885. The fourth-order valence-electron chi connectivity index (χ4n) is 2.45. The van der Waals surface area contributed by atoms with Crippen molar-refractivity contribution in [2.75, 3.05) is 5.73 Å². The number of nitrogens with two attached hydrogens (primary N) is 1. The Labute approximate surface area is 150 Å². The molecule has 4 rings (SSSR count). The predicted molar refractivity (Wildman–Crippen MR) is 97.7 cm³/mol. The largest absolute Gasteiger partial charge is 0.467 e. The standard InChI is InChI=1S/C16H13N5O2S2/c17-15-19-20-16(25-15)24-9-13-18-12-6-2-1-5-11(12)14(22)21(13)8-10-4-3-7-23-10/h1-7H,8-9H2,(H2,17,19). The Hall–Kier alpha value is -2.65. The first-order chi connectivity index (χ1) is 12.2. The quantitative estimate of drug-likeness (QED) is 0.538. The second-order valence-electron chi connectivity index (χ2n) is 5.21. The van der Waals surface area contributed by atoms with E-state index in [1.807, 2.05) is 24.3 Å². The van der Waals surface area contributed by atoms with Gasteiger partial charge >= 0.3 is 0 Å². The number of nitrogens with zero attached hydrogens (tertiary/aromatic N) is 4. The molecule has 0 fully saturated rings. The molecule has 0 saturated heterocycles. The molecular formula is C16H13N5O2S2. The average Bonchev–Trinajstić information content (AvgIpc) is 3.27. The Bertz CT molecular complexity index is 1070. The van der Waals surface area contributed by atoms with Gasteiger partial charge in [0.25, 0.3) is 5.56 Å². The van der Waals surface area contributed by atoms with Crippen molar-refractivity contribution in [1.82, 2.24) is 19.7 Å². The Morgan fingerprint density at radius 3 is 2.84 bits per heavy atom. The van der Waals surface area contributed by atoms with Gasteiger partial charge in [0, 0.05) is 0 Å². The van der Waals surface area contributed by atoms with Gasteiger partial charge in [-0.2, -0.15) is 0 Å². The van der Waals surface area contributed by atoms with E-state index in [1.165, 1.54) is 23.1 Å². The van der Waals surface area contributed by atoms with E-state index in [0.717, 1.165) is 4.34 Å². The van der Waals surface area contributed by atoms with Crippen LogP contribution in [0, 0.1) is 0 Å². The zero-order chi connectivity index (χ0) is 17.2. The van der Waals surface area contributed by atoms with E-state index in [1.54, 1.807) is 23.0 Å². The highest BCUT2D eigenvalue weighted by molar-refractivity contribution is 8.00. The highest BCUT2D eigenvalue weighted by Crippen LogP contribution is 2.26. The monoisotopic (exact) mass is 371 g/mol. The van der Waals surface area contributed by atoms with Gasteiger partial charge in [-0.3, -0.25) is 9.36 Å². The lowest BCUT2D eigenvalue weighted by atomic mass is 10.2. The SMILES string of the molecule is Nc1nnc(SCc2nc3ccccc3c(=O)n2Cc2ccco2)s1. The third-order valence-corrected chi connectivity index (χ3v) is 5.46. The summed E-state index contributed by atoms with van der Waals surface area (Å²) in [6, 6.07) is 11.0. The molecule has 0 bridgehead atoms. The van der Waals surface area contributed by atoms with Crippen LogP contribution in [-0.4, -0.2) is 19.7 Å². The minimum absolute atomic E-state index is 0.0885. The Morgan fingerprint density at radius 1 is 1.20 bits per heavy atom. The van der Waals surface area contributed by atoms with E-state index < -0.39 is 0 Å². The first-order valence-corrected chi connectivity index (χ1v) is 9.23. The Balaban J connectivity index is 1.75. The first kappa shape index (κ1) is 15.9. The summed E-state index contributed by atoms with van der Waals surface area (Å²) in [7, 11) is 0. The van der Waals surface area contributed by atoms with Gasteiger partial charge in [-0.1, -0.05) is 35.2 Å². The van der Waals surface area contributed by atoms with Crippen LogP contribution in [-0.2, 0) is 12.3 Å². The summed E-state index contributed by atoms with van der Waals surface area (Å²) in [6.07, 6.45) is 1.59. The van der Waals surface area contributed by atoms with Gasteiger partial charge in [0.1, 0.15) is 11.6 Å². The maximum absolute atomic E-state index is 12.9. The van der Waals surface area contributed by atoms with E-state index in [-0.39, 0.29) is 5.56 Å².